The highest BCUT2D eigenvalue weighted by Crippen LogP contribution is 2.38. The third-order valence-corrected chi connectivity index (χ3v) is 5.41. The second-order valence-corrected chi connectivity index (χ2v) is 7.76. The van der Waals surface area contributed by atoms with Gasteiger partial charge in [0, 0.05) is 31.3 Å². The molecule has 0 N–H and O–H groups in total. The highest BCUT2D eigenvalue weighted by atomic mass is 35.5. The number of nitrogens with zero attached hydrogens (tertiary/aromatic N) is 2. The van der Waals surface area contributed by atoms with Crippen molar-refractivity contribution in [1.82, 2.24) is 4.90 Å². The van der Waals surface area contributed by atoms with Crippen molar-refractivity contribution in [3.05, 3.63) is 34.4 Å². The van der Waals surface area contributed by atoms with Crippen molar-refractivity contribution in [2.45, 2.75) is 51.6 Å². The van der Waals surface area contributed by atoms with Gasteiger partial charge in [0.2, 0.25) is 0 Å². The summed E-state index contributed by atoms with van der Waals surface area (Å²) in [6.07, 6.45) is 3.75. The van der Waals surface area contributed by atoms with Crippen molar-refractivity contribution < 1.29 is 19.1 Å². The lowest BCUT2D eigenvalue weighted by atomic mass is 9.93. The minimum atomic E-state index is -0.677. The molecule has 0 bridgehead atoms. The number of hydrogen-bond acceptors (Lipinski definition) is 4. The van der Waals surface area contributed by atoms with E-state index in [0.29, 0.717) is 46.9 Å². The average molecular weight is 405 g/mol. The Labute approximate surface area is 170 Å². The fourth-order valence-electron chi connectivity index (χ4n) is 3.63. The highest BCUT2D eigenvalue weighted by Gasteiger charge is 2.40. The van der Waals surface area contributed by atoms with Gasteiger partial charge >= 0.3 is 0 Å². The lowest BCUT2D eigenvalue weighted by Crippen LogP contribution is -2.37. The molecule has 3 rings (SSSR count). The minimum absolute atomic E-state index is 0.159. The summed E-state index contributed by atoms with van der Waals surface area (Å²) in [5.74, 6) is -0.392. The van der Waals surface area contributed by atoms with Crippen LogP contribution >= 0.6 is 11.6 Å². The number of rotatable bonds is 6. The van der Waals surface area contributed by atoms with Crippen molar-refractivity contribution in [3.63, 3.8) is 0 Å². The number of halogens is 1. The van der Waals surface area contributed by atoms with Gasteiger partial charge in [-0.3, -0.25) is 14.4 Å². The van der Waals surface area contributed by atoms with Crippen molar-refractivity contribution in [1.29, 1.82) is 0 Å². The van der Waals surface area contributed by atoms with Crippen LogP contribution in [-0.4, -0.2) is 42.8 Å². The maximum Gasteiger partial charge on any atom is 0.263 e. The predicted molar refractivity (Wildman–Crippen MR) is 107 cm³/mol. The molecule has 28 heavy (non-hydrogen) atoms. The Balaban J connectivity index is 1.89. The molecule has 1 aromatic rings. The van der Waals surface area contributed by atoms with Crippen molar-refractivity contribution in [2.24, 2.45) is 0 Å². The van der Waals surface area contributed by atoms with E-state index >= 15 is 0 Å². The summed E-state index contributed by atoms with van der Waals surface area (Å²) in [5, 5.41) is 0.327. The smallest absolute Gasteiger partial charge is 0.263 e. The molecule has 1 unspecified atom stereocenters. The first kappa shape index (κ1) is 20.4. The van der Waals surface area contributed by atoms with Crippen LogP contribution in [0.5, 0.6) is 5.75 Å². The monoisotopic (exact) mass is 404 g/mol. The van der Waals surface area contributed by atoms with Crippen LogP contribution in [0.15, 0.2) is 29.3 Å². The summed E-state index contributed by atoms with van der Waals surface area (Å²) in [7, 11) is 3.34. The van der Waals surface area contributed by atoms with Crippen LogP contribution in [0, 0.1) is 0 Å². The fourth-order valence-corrected chi connectivity index (χ4v) is 3.79. The predicted octanol–water partition coefficient (Wildman–Crippen LogP) is 3.72. The molecular formula is C21H25ClN2O4. The molecule has 1 aromatic carbocycles. The average Bonchev–Trinajstić information content (AvgIpc) is 2.93. The van der Waals surface area contributed by atoms with Crippen LogP contribution in [0.2, 0.25) is 5.02 Å². The zero-order chi connectivity index (χ0) is 20.4. The first-order chi connectivity index (χ1) is 13.3. The second-order valence-electron chi connectivity index (χ2n) is 7.35. The van der Waals surface area contributed by atoms with Gasteiger partial charge in [0.25, 0.3) is 17.7 Å². The Morgan fingerprint density at radius 2 is 1.79 bits per heavy atom. The standard InChI is InChI=1S/C21H25ClN2O4/c1-4-7-17(21(27)23(2)3)28-18-12-13(10-11-16(18)22)24-19(25)14-8-5-6-9-15(14)20(24)26/h10-12,17H,4-9H2,1-3H3. The molecular weight excluding hydrogens is 380 g/mol. The number of imide groups is 1. The molecule has 1 heterocycles. The van der Waals surface area contributed by atoms with Crippen LogP contribution in [0.3, 0.4) is 0 Å². The van der Waals surface area contributed by atoms with E-state index in [4.69, 9.17) is 16.3 Å². The number of anilines is 1. The third-order valence-electron chi connectivity index (χ3n) is 5.10. The Morgan fingerprint density at radius 1 is 1.18 bits per heavy atom. The normalized spacial score (nSPS) is 17.6. The van der Waals surface area contributed by atoms with E-state index in [-0.39, 0.29) is 17.7 Å². The summed E-state index contributed by atoms with van der Waals surface area (Å²) in [6.45, 7) is 1.97. The van der Waals surface area contributed by atoms with E-state index in [1.807, 2.05) is 6.92 Å². The van der Waals surface area contributed by atoms with Gasteiger partial charge in [-0.15, -0.1) is 0 Å². The largest absolute Gasteiger partial charge is 0.479 e. The van der Waals surface area contributed by atoms with Crippen LogP contribution in [0.4, 0.5) is 5.69 Å². The van der Waals surface area contributed by atoms with E-state index < -0.39 is 6.10 Å². The van der Waals surface area contributed by atoms with Crippen LogP contribution in [0.1, 0.15) is 45.4 Å². The topological polar surface area (TPSA) is 66.9 Å². The van der Waals surface area contributed by atoms with Gasteiger partial charge in [0.05, 0.1) is 10.7 Å². The molecule has 0 spiro atoms. The lowest BCUT2D eigenvalue weighted by molar-refractivity contribution is -0.136. The molecule has 0 aromatic heterocycles. The van der Waals surface area contributed by atoms with Crippen molar-refractivity contribution in [2.75, 3.05) is 19.0 Å². The van der Waals surface area contributed by atoms with Gasteiger partial charge in [-0.2, -0.15) is 0 Å². The summed E-state index contributed by atoms with van der Waals surface area (Å²) < 4.78 is 5.91. The van der Waals surface area contributed by atoms with E-state index in [2.05, 4.69) is 0 Å². The number of hydrogen-bond donors (Lipinski definition) is 0. The number of carbonyl (C=O) groups excluding carboxylic acids is 3. The minimum Gasteiger partial charge on any atom is -0.479 e. The van der Waals surface area contributed by atoms with E-state index in [1.54, 1.807) is 32.3 Å². The first-order valence-corrected chi connectivity index (χ1v) is 10.0. The number of carbonyl (C=O) groups is 3. The molecule has 3 amide bonds. The Morgan fingerprint density at radius 3 is 2.32 bits per heavy atom. The SMILES string of the molecule is CCCC(Oc1cc(N2C(=O)C3=C(CCCC3)C2=O)ccc1Cl)C(=O)N(C)C. The van der Waals surface area contributed by atoms with E-state index in [0.717, 1.165) is 19.3 Å². The van der Waals surface area contributed by atoms with Gasteiger partial charge in [-0.1, -0.05) is 24.9 Å². The maximum absolute atomic E-state index is 12.8. The molecule has 0 fully saturated rings. The number of amides is 3. The van der Waals surface area contributed by atoms with Gasteiger partial charge in [-0.05, 0) is 44.2 Å². The highest BCUT2D eigenvalue weighted by molar-refractivity contribution is 6.34. The zero-order valence-electron chi connectivity index (χ0n) is 16.5. The summed E-state index contributed by atoms with van der Waals surface area (Å²) in [4.78, 5) is 40.6. The van der Waals surface area contributed by atoms with Gasteiger partial charge in [-0.25, -0.2) is 4.90 Å². The second kappa shape index (κ2) is 8.35. The summed E-state index contributed by atoms with van der Waals surface area (Å²) >= 11 is 6.28. The number of benzene rings is 1. The zero-order valence-corrected chi connectivity index (χ0v) is 17.2. The quantitative estimate of drug-likeness (QED) is 0.678. The molecule has 6 nitrogen and oxygen atoms in total. The molecule has 0 radical (unpaired) electrons. The number of likely N-dealkylation sites (N-methyl/N-ethyl adjacent to an activating group) is 1. The third kappa shape index (κ3) is 3.78. The molecule has 1 aliphatic heterocycles. The van der Waals surface area contributed by atoms with Gasteiger partial charge in [0.15, 0.2) is 6.10 Å². The summed E-state index contributed by atoms with van der Waals surface area (Å²) in [5.41, 5.74) is 1.66. The molecule has 0 saturated heterocycles. The number of ether oxygens (including phenoxy) is 1. The molecule has 150 valence electrons. The molecule has 1 aliphatic carbocycles. The van der Waals surface area contributed by atoms with Crippen LogP contribution in [-0.2, 0) is 14.4 Å². The Bertz CT molecular complexity index is 819. The van der Waals surface area contributed by atoms with Crippen molar-refractivity contribution >= 4 is 35.0 Å². The molecule has 2 aliphatic rings. The fraction of sp³-hybridized carbons (Fsp3) is 0.476. The van der Waals surface area contributed by atoms with Crippen LogP contribution in [0.25, 0.3) is 0 Å². The summed E-state index contributed by atoms with van der Waals surface area (Å²) in [6, 6.07) is 4.79. The molecule has 7 heteroatoms. The lowest BCUT2D eigenvalue weighted by Gasteiger charge is -2.23. The van der Waals surface area contributed by atoms with Crippen LogP contribution < -0.4 is 9.64 Å². The Kier molecular flexibility index (Phi) is 6.08. The van der Waals surface area contributed by atoms with Gasteiger partial charge < -0.3 is 9.64 Å². The van der Waals surface area contributed by atoms with E-state index in [9.17, 15) is 14.4 Å². The van der Waals surface area contributed by atoms with E-state index in [1.165, 1.54) is 9.80 Å². The first-order valence-electron chi connectivity index (χ1n) is 9.63. The molecule has 1 atom stereocenters. The molecule has 0 saturated carbocycles. The maximum atomic E-state index is 12.8. The van der Waals surface area contributed by atoms with Crippen molar-refractivity contribution in [3.8, 4) is 5.75 Å². The Hall–Kier alpha value is -2.34. The van der Waals surface area contributed by atoms with Gasteiger partial charge in [0.1, 0.15) is 5.75 Å².